The molecule has 1 saturated heterocycles. The van der Waals surface area contributed by atoms with Gasteiger partial charge < -0.3 is 35.3 Å². The third-order valence-corrected chi connectivity index (χ3v) is 8.24. The fourth-order valence-electron chi connectivity index (χ4n) is 5.28. The number of nitrogens with one attached hydrogen (secondary N) is 4. The molecular weight excluding hydrogens is 626 g/mol. The van der Waals surface area contributed by atoms with Crippen LogP contribution in [0.2, 0.25) is 0 Å². The van der Waals surface area contributed by atoms with Crippen molar-refractivity contribution in [1.29, 1.82) is 0 Å². The summed E-state index contributed by atoms with van der Waals surface area (Å²) in [6.07, 6.45) is 4.80. The molecule has 1 aromatic heterocycles. The Bertz CT molecular complexity index is 1490. The van der Waals surface area contributed by atoms with E-state index in [4.69, 9.17) is 14.0 Å². The minimum atomic E-state index is -1.31. The maximum absolute atomic E-state index is 14.3. The van der Waals surface area contributed by atoms with Crippen molar-refractivity contribution < 1.29 is 38.0 Å². The first-order chi connectivity index (χ1) is 22.5. The highest BCUT2D eigenvalue weighted by Gasteiger charge is 2.38. The van der Waals surface area contributed by atoms with Crippen LogP contribution in [0, 0.1) is 18.8 Å². The maximum atomic E-state index is 14.3. The molecule has 0 saturated carbocycles. The average molecular weight is 668 g/mol. The van der Waals surface area contributed by atoms with Gasteiger partial charge in [0.05, 0.1) is 12.6 Å². The quantitative estimate of drug-likeness (QED) is 0.161. The van der Waals surface area contributed by atoms with Crippen LogP contribution in [-0.2, 0) is 28.7 Å². The van der Waals surface area contributed by atoms with Gasteiger partial charge in [-0.1, -0.05) is 61.5 Å². The van der Waals surface area contributed by atoms with Crippen molar-refractivity contribution in [2.75, 3.05) is 19.8 Å². The molecule has 14 heteroatoms. The van der Waals surface area contributed by atoms with E-state index >= 15 is 0 Å². The fourth-order valence-corrected chi connectivity index (χ4v) is 5.56. The lowest BCUT2D eigenvalue weighted by Gasteiger charge is -2.32. The number of aryl methyl sites for hydroxylation is 1. The first-order valence-electron chi connectivity index (χ1n) is 15.5. The van der Waals surface area contributed by atoms with E-state index in [0.717, 1.165) is 0 Å². The van der Waals surface area contributed by atoms with Gasteiger partial charge in [0.1, 0.15) is 30.6 Å². The Hall–Kier alpha value is -4.43. The zero-order chi connectivity index (χ0) is 33.9. The van der Waals surface area contributed by atoms with Gasteiger partial charge in [0, 0.05) is 29.5 Å². The SMILES string of the molecule is Cc1cc(C(=O)N[C@H](C(=O)N[C@@H]2C(=O)N[C@@H](C[C@@H]3CCNC3=O)/C(S)=C\C(=O)OC/C=C/CCO[C@H]2c2ccccc2)C(C)C)no1. The highest BCUT2D eigenvalue weighted by molar-refractivity contribution is 7.84. The predicted octanol–water partition coefficient (Wildman–Crippen LogP) is 2.31. The van der Waals surface area contributed by atoms with E-state index in [-0.39, 0.29) is 42.1 Å². The normalized spacial score (nSPS) is 25.2. The summed E-state index contributed by atoms with van der Waals surface area (Å²) in [6.45, 7) is 5.84. The van der Waals surface area contributed by atoms with E-state index < -0.39 is 53.8 Å². The standard InChI is InChI=1S/C33H41N5O8S/c1-19(2)27(36-31(41)24-16-20(3)46-38-24)32(42)37-28-29(21-10-6-4-7-11-21)45-15-9-5-8-14-44-26(39)18-25(47)23(35-33(28)43)17-22-12-13-34-30(22)40/h4-8,10-11,16,18-19,22-23,27-29,47H,9,12-15,17H2,1-3H3,(H,34,40)(H,35,43)(H,36,41)(H,37,42)/b8-5+,25-18+/t22-,23-,27-,28-,29-/m0/s1. The molecule has 13 nitrogen and oxygen atoms in total. The molecule has 4 amide bonds. The molecule has 0 unspecified atom stereocenters. The number of cyclic esters (lactones) is 1. The van der Waals surface area contributed by atoms with Gasteiger partial charge in [0.2, 0.25) is 17.7 Å². The lowest BCUT2D eigenvalue weighted by molar-refractivity contribution is -0.136. The van der Waals surface area contributed by atoms with Gasteiger partial charge in [0.25, 0.3) is 5.91 Å². The van der Waals surface area contributed by atoms with E-state index in [0.29, 0.717) is 30.7 Å². The molecule has 4 rings (SSSR count). The molecule has 2 aliphatic heterocycles. The molecule has 0 radical (unpaired) electrons. The van der Waals surface area contributed by atoms with Crippen LogP contribution < -0.4 is 21.3 Å². The molecule has 47 heavy (non-hydrogen) atoms. The molecule has 1 fully saturated rings. The number of nitrogens with zero attached hydrogens (tertiary/aromatic N) is 1. The summed E-state index contributed by atoms with van der Waals surface area (Å²) in [5.74, 6) is -3.11. The predicted molar refractivity (Wildman–Crippen MR) is 174 cm³/mol. The van der Waals surface area contributed by atoms with Crippen molar-refractivity contribution in [2.45, 2.75) is 64.3 Å². The maximum Gasteiger partial charge on any atom is 0.331 e. The first kappa shape index (κ1) is 35.4. The number of rotatable bonds is 8. The smallest absolute Gasteiger partial charge is 0.331 e. The lowest BCUT2D eigenvalue weighted by Crippen LogP contribution is -2.58. The molecule has 4 N–H and O–H groups in total. The van der Waals surface area contributed by atoms with Gasteiger partial charge in [0.15, 0.2) is 5.69 Å². The van der Waals surface area contributed by atoms with Gasteiger partial charge in [-0.15, -0.1) is 12.6 Å². The molecule has 2 aromatic rings. The third-order valence-electron chi connectivity index (χ3n) is 7.80. The number of esters is 1. The van der Waals surface area contributed by atoms with Crippen molar-refractivity contribution in [3.05, 3.63) is 76.5 Å². The largest absolute Gasteiger partial charge is 0.458 e. The second-order valence-corrected chi connectivity index (χ2v) is 12.3. The molecule has 0 spiro atoms. The molecule has 3 heterocycles. The van der Waals surface area contributed by atoms with Crippen LogP contribution in [0.5, 0.6) is 0 Å². The van der Waals surface area contributed by atoms with Crippen molar-refractivity contribution in [2.24, 2.45) is 11.8 Å². The number of amides is 4. The summed E-state index contributed by atoms with van der Waals surface area (Å²) >= 11 is 4.53. The summed E-state index contributed by atoms with van der Waals surface area (Å²) in [7, 11) is 0. The molecule has 0 bridgehead atoms. The first-order valence-corrected chi connectivity index (χ1v) is 16.0. The summed E-state index contributed by atoms with van der Waals surface area (Å²) in [4.78, 5) is 66.4. The second kappa shape index (κ2) is 16.9. The molecule has 252 valence electrons. The summed E-state index contributed by atoms with van der Waals surface area (Å²) in [5.41, 5.74) is 0.632. The molecular formula is C33H41N5O8S. The summed E-state index contributed by atoms with van der Waals surface area (Å²) < 4.78 is 16.5. The van der Waals surface area contributed by atoms with Gasteiger partial charge in [-0.25, -0.2) is 4.79 Å². The van der Waals surface area contributed by atoms with Crippen molar-refractivity contribution in [3.63, 3.8) is 0 Å². The van der Waals surface area contributed by atoms with Crippen molar-refractivity contribution in [1.82, 2.24) is 26.4 Å². The molecule has 2 aliphatic rings. The molecule has 0 aliphatic carbocycles. The van der Waals surface area contributed by atoms with Crippen LogP contribution in [0.3, 0.4) is 0 Å². The van der Waals surface area contributed by atoms with Gasteiger partial charge in [-0.2, -0.15) is 0 Å². The average Bonchev–Trinajstić information content (AvgIpc) is 3.66. The van der Waals surface area contributed by atoms with Crippen LogP contribution in [-0.4, -0.2) is 72.6 Å². The van der Waals surface area contributed by atoms with E-state index in [1.54, 1.807) is 57.2 Å². The van der Waals surface area contributed by atoms with Crippen LogP contribution in [0.25, 0.3) is 0 Å². The number of carbonyl (C=O) groups is 5. The highest BCUT2D eigenvalue weighted by atomic mass is 32.1. The number of benzene rings is 1. The van der Waals surface area contributed by atoms with Crippen LogP contribution in [0.4, 0.5) is 0 Å². The minimum absolute atomic E-state index is 0.0107. The Labute approximate surface area is 278 Å². The van der Waals surface area contributed by atoms with Crippen LogP contribution >= 0.6 is 12.6 Å². The number of hydrogen-bond acceptors (Lipinski definition) is 10. The van der Waals surface area contributed by atoms with Crippen LogP contribution in [0.1, 0.15) is 61.0 Å². The Morgan fingerprint density at radius 2 is 1.87 bits per heavy atom. The highest BCUT2D eigenvalue weighted by Crippen LogP contribution is 2.26. The topological polar surface area (TPSA) is 178 Å². The third kappa shape index (κ3) is 10.0. The van der Waals surface area contributed by atoms with Gasteiger partial charge in [-0.3, -0.25) is 19.2 Å². The Morgan fingerprint density at radius 1 is 1.11 bits per heavy atom. The Kier molecular flexibility index (Phi) is 12.8. The van der Waals surface area contributed by atoms with E-state index in [1.807, 2.05) is 6.07 Å². The number of thiol groups is 1. The fraction of sp³-hybridized carbons (Fsp3) is 0.455. The number of ether oxygens (including phenoxy) is 2. The minimum Gasteiger partial charge on any atom is -0.458 e. The summed E-state index contributed by atoms with van der Waals surface area (Å²) in [5, 5.41) is 14.9. The second-order valence-electron chi connectivity index (χ2n) is 11.7. The number of carbonyl (C=O) groups excluding carboxylic acids is 5. The van der Waals surface area contributed by atoms with Gasteiger partial charge >= 0.3 is 5.97 Å². The van der Waals surface area contributed by atoms with E-state index in [2.05, 4.69) is 39.1 Å². The van der Waals surface area contributed by atoms with E-state index in [1.165, 1.54) is 12.1 Å². The van der Waals surface area contributed by atoms with Crippen molar-refractivity contribution >= 4 is 42.2 Å². The number of hydrogen-bond donors (Lipinski definition) is 5. The zero-order valence-electron chi connectivity index (χ0n) is 26.6. The molecule has 5 atom stereocenters. The molecule has 1 aromatic carbocycles. The number of aromatic nitrogens is 1. The monoisotopic (exact) mass is 667 g/mol. The Balaban J connectivity index is 1.70. The zero-order valence-corrected chi connectivity index (χ0v) is 27.5. The van der Waals surface area contributed by atoms with Crippen molar-refractivity contribution in [3.8, 4) is 0 Å². The Morgan fingerprint density at radius 3 is 2.53 bits per heavy atom. The van der Waals surface area contributed by atoms with E-state index in [9.17, 15) is 24.0 Å². The lowest BCUT2D eigenvalue weighted by atomic mass is 9.95. The van der Waals surface area contributed by atoms with Crippen LogP contribution in [0.15, 0.2) is 64.1 Å². The summed E-state index contributed by atoms with van der Waals surface area (Å²) in [6, 6.07) is 7.19. The van der Waals surface area contributed by atoms with Gasteiger partial charge in [-0.05, 0) is 37.7 Å².